The molecule has 0 amide bonds. The third kappa shape index (κ3) is 7.17. The van der Waals surface area contributed by atoms with Gasteiger partial charge in [-0.15, -0.1) is 0 Å². The highest BCUT2D eigenvalue weighted by Gasteiger charge is 2.22. The molecule has 0 bridgehead atoms. The summed E-state index contributed by atoms with van der Waals surface area (Å²) >= 11 is 0. The second kappa shape index (κ2) is 13.8. The molecule has 1 fully saturated rings. The summed E-state index contributed by atoms with van der Waals surface area (Å²) in [6.45, 7) is 15.6. The van der Waals surface area contributed by atoms with Crippen LogP contribution in [0.4, 0.5) is 0 Å². The minimum atomic E-state index is 0.305. The number of nitrogens with zero attached hydrogens (tertiary/aromatic N) is 3. The van der Waals surface area contributed by atoms with Crippen molar-refractivity contribution in [2.24, 2.45) is 0 Å². The van der Waals surface area contributed by atoms with Crippen molar-refractivity contribution in [2.45, 2.75) is 65.8 Å². The Morgan fingerprint density at radius 3 is 2.18 bits per heavy atom. The second-order valence-corrected chi connectivity index (χ2v) is 10.8. The summed E-state index contributed by atoms with van der Waals surface area (Å²) in [5.41, 5.74) is 5.27. The van der Waals surface area contributed by atoms with E-state index in [1.165, 1.54) is 5.56 Å². The Bertz CT molecular complexity index is 1130. The molecule has 4 rings (SSSR count). The Hall–Kier alpha value is -2.83. The van der Waals surface area contributed by atoms with Crippen LogP contribution in [0.2, 0.25) is 0 Å². The molecule has 0 aliphatic carbocycles. The maximum Gasteiger partial charge on any atom is 0.182 e. The molecule has 0 atom stereocenters. The van der Waals surface area contributed by atoms with Crippen LogP contribution in [0.3, 0.4) is 0 Å². The number of oxazole rings is 1. The molecule has 6 nitrogen and oxygen atoms in total. The molecule has 0 unspecified atom stereocenters. The summed E-state index contributed by atoms with van der Waals surface area (Å²) < 4.78 is 18.5. The third-order valence-electron chi connectivity index (χ3n) is 7.29. The lowest BCUT2D eigenvalue weighted by atomic mass is 9.96. The van der Waals surface area contributed by atoms with Crippen molar-refractivity contribution in [2.75, 3.05) is 46.4 Å². The van der Waals surface area contributed by atoms with Gasteiger partial charge in [-0.3, -0.25) is 4.90 Å². The first-order valence-corrected chi connectivity index (χ1v) is 14.4. The van der Waals surface area contributed by atoms with Crippen molar-refractivity contribution in [1.82, 2.24) is 14.8 Å². The smallest absolute Gasteiger partial charge is 0.182 e. The lowest BCUT2D eigenvalue weighted by molar-refractivity contribution is 0.148. The largest absolute Gasteiger partial charge is 0.493 e. The molecule has 0 radical (unpaired) electrons. The maximum absolute atomic E-state index is 6.31. The highest BCUT2D eigenvalue weighted by atomic mass is 16.5. The Labute approximate surface area is 229 Å². The van der Waals surface area contributed by atoms with Gasteiger partial charge in [0.15, 0.2) is 12.2 Å². The minimum absolute atomic E-state index is 0.305. The Morgan fingerprint density at radius 2 is 1.55 bits per heavy atom. The van der Waals surface area contributed by atoms with Crippen LogP contribution in [-0.2, 0) is 6.54 Å². The van der Waals surface area contributed by atoms with Crippen molar-refractivity contribution in [3.05, 3.63) is 53.9 Å². The molecule has 0 saturated carbocycles. The van der Waals surface area contributed by atoms with Crippen LogP contribution in [0.5, 0.6) is 11.5 Å². The molecule has 2 aromatic carbocycles. The van der Waals surface area contributed by atoms with E-state index < -0.39 is 0 Å². The van der Waals surface area contributed by atoms with Crippen LogP contribution in [0, 0.1) is 0 Å². The molecular formula is C32H45N3O3. The fourth-order valence-electron chi connectivity index (χ4n) is 4.78. The molecule has 0 N–H and O–H groups in total. The molecule has 1 aromatic heterocycles. The van der Waals surface area contributed by atoms with Gasteiger partial charge in [0.2, 0.25) is 0 Å². The van der Waals surface area contributed by atoms with Gasteiger partial charge in [0.05, 0.1) is 13.2 Å². The summed E-state index contributed by atoms with van der Waals surface area (Å²) in [4.78, 5) is 9.59. The number of unbranched alkanes of at least 4 members (excludes halogenated alkanes) is 2. The molecule has 206 valence electrons. The fourth-order valence-corrected chi connectivity index (χ4v) is 4.78. The van der Waals surface area contributed by atoms with Crippen LogP contribution in [-0.4, -0.2) is 61.2 Å². The lowest BCUT2D eigenvalue weighted by Gasteiger charge is -2.32. The highest BCUT2D eigenvalue weighted by molar-refractivity contribution is 5.81. The van der Waals surface area contributed by atoms with Crippen molar-refractivity contribution in [1.29, 1.82) is 0 Å². The van der Waals surface area contributed by atoms with Gasteiger partial charge < -0.3 is 18.8 Å². The van der Waals surface area contributed by atoms with Gasteiger partial charge in [-0.25, -0.2) is 4.98 Å². The van der Waals surface area contributed by atoms with Gasteiger partial charge in [0, 0.05) is 49.9 Å². The standard InChI is InChI=1S/C32H45N3O3/c1-6-8-18-36-29-21-30(37-19-9-7-2)28(20-27(29)24(3)4)31-32(38-23-33-31)26-12-10-25(11-13-26)22-35-16-14-34(5)15-17-35/h10-13,20-21,23-24H,6-9,14-19,22H2,1-5H3. The number of aromatic nitrogens is 1. The predicted octanol–water partition coefficient (Wildman–Crippen LogP) is 7.24. The average molecular weight is 520 g/mol. The van der Waals surface area contributed by atoms with Gasteiger partial charge in [0.1, 0.15) is 17.2 Å². The first-order valence-electron chi connectivity index (χ1n) is 14.4. The van der Waals surface area contributed by atoms with Gasteiger partial charge >= 0.3 is 0 Å². The van der Waals surface area contributed by atoms with E-state index in [0.717, 1.165) is 98.1 Å². The number of hydrogen-bond acceptors (Lipinski definition) is 6. The molecule has 6 heteroatoms. The number of ether oxygens (including phenoxy) is 2. The van der Waals surface area contributed by atoms with Gasteiger partial charge in [0.25, 0.3) is 0 Å². The van der Waals surface area contributed by atoms with E-state index in [9.17, 15) is 0 Å². The second-order valence-electron chi connectivity index (χ2n) is 10.8. The normalized spacial score (nSPS) is 14.8. The number of rotatable bonds is 13. The predicted molar refractivity (Wildman–Crippen MR) is 155 cm³/mol. The Balaban J connectivity index is 1.63. The monoisotopic (exact) mass is 519 g/mol. The molecule has 3 aromatic rings. The first kappa shape index (κ1) is 28.2. The summed E-state index contributed by atoms with van der Waals surface area (Å²) in [6, 6.07) is 13.0. The average Bonchev–Trinajstić information content (AvgIpc) is 3.40. The van der Waals surface area contributed by atoms with E-state index in [4.69, 9.17) is 13.9 Å². The molecule has 38 heavy (non-hydrogen) atoms. The van der Waals surface area contributed by atoms with E-state index in [2.05, 4.69) is 85.9 Å². The quantitative estimate of drug-likeness (QED) is 0.222. The van der Waals surface area contributed by atoms with E-state index in [1.54, 1.807) is 6.39 Å². The summed E-state index contributed by atoms with van der Waals surface area (Å²) in [5, 5.41) is 0. The summed E-state index contributed by atoms with van der Waals surface area (Å²) in [7, 11) is 2.19. The maximum atomic E-state index is 6.31. The van der Waals surface area contributed by atoms with Crippen LogP contribution in [0.1, 0.15) is 70.4 Å². The number of likely N-dealkylation sites (N-methyl/N-ethyl adjacent to an activating group) is 1. The topological polar surface area (TPSA) is 51.0 Å². The summed E-state index contributed by atoms with van der Waals surface area (Å²) in [5.74, 6) is 2.78. The van der Waals surface area contributed by atoms with Crippen LogP contribution < -0.4 is 9.47 Å². The number of hydrogen-bond donors (Lipinski definition) is 0. The van der Waals surface area contributed by atoms with E-state index in [0.29, 0.717) is 19.1 Å². The molecule has 1 aliphatic heterocycles. The van der Waals surface area contributed by atoms with E-state index in [-0.39, 0.29) is 0 Å². The minimum Gasteiger partial charge on any atom is -0.493 e. The molecular weight excluding hydrogens is 474 g/mol. The Kier molecular flexibility index (Phi) is 10.2. The number of benzene rings is 2. The first-order chi connectivity index (χ1) is 18.5. The van der Waals surface area contributed by atoms with Crippen LogP contribution in [0.25, 0.3) is 22.6 Å². The van der Waals surface area contributed by atoms with E-state index >= 15 is 0 Å². The van der Waals surface area contributed by atoms with Crippen LogP contribution in [0.15, 0.2) is 47.2 Å². The van der Waals surface area contributed by atoms with Crippen molar-refractivity contribution >= 4 is 0 Å². The van der Waals surface area contributed by atoms with E-state index in [1.807, 2.05) is 0 Å². The fraction of sp³-hybridized carbons (Fsp3) is 0.531. The molecule has 1 aliphatic rings. The zero-order chi connectivity index (χ0) is 26.9. The molecule has 0 spiro atoms. The highest BCUT2D eigenvalue weighted by Crippen LogP contribution is 2.42. The molecule has 1 saturated heterocycles. The van der Waals surface area contributed by atoms with Crippen molar-refractivity contribution < 1.29 is 13.9 Å². The third-order valence-corrected chi connectivity index (χ3v) is 7.29. The zero-order valence-electron chi connectivity index (χ0n) is 24.0. The van der Waals surface area contributed by atoms with Crippen molar-refractivity contribution in [3.8, 4) is 34.1 Å². The van der Waals surface area contributed by atoms with Gasteiger partial charge in [-0.2, -0.15) is 0 Å². The number of piperazine rings is 1. The lowest BCUT2D eigenvalue weighted by Crippen LogP contribution is -2.43. The van der Waals surface area contributed by atoms with Gasteiger partial charge in [-0.05, 0) is 43.0 Å². The zero-order valence-corrected chi connectivity index (χ0v) is 24.0. The molecule has 2 heterocycles. The summed E-state index contributed by atoms with van der Waals surface area (Å²) in [6.07, 6.45) is 5.75. The Morgan fingerprint density at radius 1 is 0.895 bits per heavy atom. The van der Waals surface area contributed by atoms with Gasteiger partial charge in [-0.1, -0.05) is 64.8 Å². The van der Waals surface area contributed by atoms with Crippen LogP contribution >= 0.6 is 0 Å². The SMILES string of the molecule is CCCCOc1cc(OCCCC)c(C(C)C)cc1-c1ncoc1-c1ccc(CN2CCN(C)CC2)cc1. The van der Waals surface area contributed by atoms with Crippen molar-refractivity contribution in [3.63, 3.8) is 0 Å².